The van der Waals surface area contributed by atoms with E-state index >= 15 is 0 Å². The second kappa shape index (κ2) is 5.63. The van der Waals surface area contributed by atoms with Gasteiger partial charge in [-0.25, -0.2) is 0 Å². The number of benzene rings is 1. The van der Waals surface area contributed by atoms with Crippen LogP contribution in [0.4, 0.5) is 13.2 Å². The summed E-state index contributed by atoms with van der Waals surface area (Å²) in [5.74, 6) is 0. The van der Waals surface area contributed by atoms with E-state index in [-0.39, 0.29) is 6.42 Å². The number of aromatic nitrogens is 1. The summed E-state index contributed by atoms with van der Waals surface area (Å²) in [5, 5.41) is 10.1. The number of rotatable bonds is 3. The van der Waals surface area contributed by atoms with Crippen LogP contribution < -0.4 is 0 Å². The third-order valence-electron chi connectivity index (χ3n) is 3.05. The molecule has 2 aromatic rings. The highest BCUT2D eigenvalue weighted by molar-refractivity contribution is 5.28. The van der Waals surface area contributed by atoms with Crippen molar-refractivity contribution in [1.29, 1.82) is 0 Å². The van der Waals surface area contributed by atoms with E-state index in [2.05, 4.69) is 4.98 Å². The maximum atomic E-state index is 12.6. The van der Waals surface area contributed by atoms with Gasteiger partial charge in [0.1, 0.15) is 6.10 Å². The fraction of sp³-hybridized carbons (Fsp3) is 0.267. The van der Waals surface area contributed by atoms with Crippen molar-refractivity contribution in [3.8, 4) is 0 Å². The second-order valence-corrected chi connectivity index (χ2v) is 4.62. The highest BCUT2D eigenvalue weighted by atomic mass is 19.4. The van der Waals surface area contributed by atoms with Gasteiger partial charge in [-0.1, -0.05) is 24.3 Å². The smallest absolute Gasteiger partial charge is 0.386 e. The van der Waals surface area contributed by atoms with Crippen LogP contribution in [0.5, 0.6) is 0 Å². The molecule has 0 saturated carbocycles. The third kappa shape index (κ3) is 3.36. The lowest BCUT2D eigenvalue weighted by atomic mass is 10.0. The van der Waals surface area contributed by atoms with Crippen LogP contribution in [0.3, 0.4) is 0 Å². The van der Waals surface area contributed by atoms with Crippen molar-refractivity contribution in [2.75, 3.05) is 0 Å². The number of hydrogen-bond acceptors (Lipinski definition) is 2. The van der Waals surface area contributed by atoms with E-state index in [0.717, 1.165) is 17.7 Å². The van der Waals surface area contributed by atoms with Gasteiger partial charge in [0.25, 0.3) is 0 Å². The Morgan fingerprint density at radius 1 is 1.20 bits per heavy atom. The predicted molar refractivity (Wildman–Crippen MR) is 69.1 cm³/mol. The molecule has 1 atom stereocenters. The molecule has 1 unspecified atom stereocenters. The average Bonchev–Trinajstić information content (AvgIpc) is 2.38. The van der Waals surface area contributed by atoms with Crippen LogP contribution >= 0.6 is 0 Å². The van der Waals surface area contributed by atoms with Crippen LogP contribution in [-0.2, 0) is 12.6 Å². The van der Waals surface area contributed by atoms with Crippen molar-refractivity contribution in [3.05, 3.63) is 65.0 Å². The van der Waals surface area contributed by atoms with E-state index in [4.69, 9.17) is 0 Å². The Bertz CT molecular complexity index is 596. The van der Waals surface area contributed by atoms with Gasteiger partial charge in [0.2, 0.25) is 0 Å². The number of hydrogen-bond donors (Lipinski definition) is 1. The number of pyridine rings is 1. The van der Waals surface area contributed by atoms with Crippen molar-refractivity contribution in [2.24, 2.45) is 0 Å². The molecule has 1 aromatic carbocycles. The predicted octanol–water partition coefficient (Wildman–Crippen LogP) is 3.68. The van der Waals surface area contributed by atoms with E-state index < -0.39 is 17.8 Å². The summed E-state index contributed by atoms with van der Waals surface area (Å²) in [6.07, 6.45) is -3.64. The quantitative estimate of drug-likeness (QED) is 0.930. The number of aliphatic hydroxyl groups is 1. The number of alkyl halides is 3. The molecule has 0 fully saturated rings. The molecular formula is C15H14F3NO. The molecule has 1 aromatic heterocycles. The molecule has 106 valence electrons. The van der Waals surface area contributed by atoms with E-state index in [1.165, 1.54) is 6.07 Å². The molecular weight excluding hydrogens is 267 g/mol. The lowest BCUT2D eigenvalue weighted by Gasteiger charge is -2.14. The normalized spacial score (nSPS) is 13.2. The summed E-state index contributed by atoms with van der Waals surface area (Å²) in [7, 11) is 0. The second-order valence-electron chi connectivity index (χ2n) is 4.62. The van der Waals surface area contributed by atoms with Crippen molar-refractivity contribution >= 4 is 0 Å². The van der Waals surface area contributed by atoms with Crippen LogP contribution in [0.15, 0.2) is 42.6 Å². The molecule has 2 nitrogen and oxygen atoms in total. The highest BCUT2D eigenvalue weighted by Gasteiger charge is 2.30. The van der Waals surface area contributed by atoms with Crippen molar-refractivity contribution in [1.82, 2.24) is 4.98 Å². The van der Waals surface area contributed by atoms with Gasteiger partial charge in [-0.15, -0.1) is 0 Å². The molecule has 0 aliphatic carbocycles. The maximum absolute atomic E-state index is 12.6. The van der Waals surface area contributed by atoms with Crippen LogP contribution in [0.25, 0.3) is 0 Å². The minimum absolute atomic E-state index is 0.0990. The van der Waals surface area contributed by atoms with Gasteiger partial charge in [0.05, 0.1) is 11.3 Å². The van der Waals surface area contributed by atoms with Crippen LogP contribution in [-0.4, -0.2) is 10.1 Å². The Balaban J connectivity index is 2.20. The largest absolute Gasteiger partial charge is 0.416 e. The molecule has 0 spiro atoms. The minimum Gasteiger partial charge on any atom is -0.386 e. The first kappa shape index (κ1) is 14.5. The van der Waals surface area contributed by atoms with Crippen molar-refractivity contribution in [3.63, 3.8) is 0 Å². The summed E-state index contributed by atoms with van der Waals surface area (Å²) in [5.41, 5.74) is 1.02. The summed E-state index contributed by atoms with van der Waals surface area (Å²) in [6.45, 7) is 1.80. The summed E-state index contributed by atoms with van der Waals surface area (Å²) in [4.78, 5) is 4.07. The third-order valence-corrected chi connectivity index (χ3v) is 3.05. The molecule has 0 bridgehead atoms. The zero-order chi connectivity index (χ0) is 14.8. The standard InChI is InChI=1S/C15H14F3NO/c1-10-4-3-7-19-14(10)13(20)9-11-5-2-6-12(8-11)15(16,17)18/h2-8,13,20H,9H2,1H3. The fourth-order valence-corrected chi connectivity index (χ4v) is 2.04. The number of aryl methyl sites for hydroxylation is 1. The first-order valence-corrected chi connectivity index (χ1v) is 6.13. The molecule has 0 radical (unpaired) electrons. The van der Waals surface area contributed by atoms with Gasteiger partial charge in [-0.2, -0.15) is 13.2 Å². The van der Waals surface area contributed by atoms with Crippen LogP contribution in [0.1, 0.15) is 28.5 Å². The Morgan fingerprint density at radius 2 is 1.95 bits per heavy atom. The topological polar surface area (TPSA) is 33.1 Å². The van der Waals surface area contributed by atoms with E-state index in [1.54, 1.807) is 31.3 Å². The molecule has 2 rings (SSSR count). The summed E-state index contributed by atoms with van der Waals surface area (Å²) in [6, 6.07) is 8.53. The molecule has 0 aliphatic heterocycles. The monoisotopic (exact) mass is 281 g/mol. The van der Waals surface area contributed by atoms with Gasteiger partial charge >= 0.3 is 6.18 Å². The van der Waals surface area contributed by atoms with Gasteiger partial charge in [0.15, 0.2) is 0 Å². The SMILES string of the molecule is Cc1cccnc1C(O)Cc1cccc(C(F)(F)F)c1. The lowest BCUT2D eigenvalue weighted by Crippen LogP contribution is -2.08. The first-order valence-electron chi connectivity index (χ1n) is 6.13. The van der Waals surface area contributed by atoms with Crippen LogP contribution in [0, 0.1) is 6.92 Å². The molecule has 1 N–H and O–H groups in total. The number of nitrogens with zero attached hydrogens (tertiary/aromatic N) is 1. The molecule has 5 heteroatoms. The average molecular weight is 281 g/mol. The Labute approximate surface area is 114 Å². The number of halogens is 3. The fourth-order valence-electron chi connectivity index (χ4n) is 2.04. The number of aliphatic hydroxyl groups excluding tert-OH is 1. The van der Waals surface area contributed by atoms with Gasteiger partial charge in [-0.3, -0.25) is 4.98 Å². The minimum atomic E-state index is -4.37. The summed E-state index contributed by atoms with van der Waals surface area (Å²) >= 11 is 0. The maximum Gasteiger partial charge on any atom is 0.416 e. The molecule has 1 heterocycles. The lowest BCUT2D eigenvalue weighted by molar-refractivity contribution is -0.137. The van der Waals surface area contributed by atoms with E-state index in [0.29, 0.717) is 11.3 Å². The van der Waals surface area contributed by atoms with E-state index in [1.807, 2.05) is 0 Å². The van der Waals surface area contributed by atoms with Crippen molar-refractivity contribution < 1.29 is 18.3 Å². The Morgan fingerprint density at radius 3 is 2.60 bits per heavy atom. The van der Waals surface area contributed by atoms with Gasteiger partial charge in [-0.05, 0) is 30.2 Å². The molecule has 0 aliphatic rings. The molecule has 0 amide bonds. The van der Waals surface area contributed by atoms with E-state index in [9.17, 15) is 18.3 Å². The molecule has 20 heavy (non-hydrogen) atoms. The van der Waals surface area contributed by atoms with Gasteiger partial charge < -0.3 is 5.11 Å². The van der Waals surface area contributed by atoms with Crippen molar-refractivity contribution in [2.45, 2.75) is 25.6 Å². The Kier molecular flexibility index (Phi) is 4.09. The van der Waals surface area contributed by atoms with Crippen LogP contribution in [0.2, 0.25) is 0 Å². The Hall–Kier alpha value is -1.88. The molecule has 0 saturated heterocycles. The zero-order valence-corrected chi connectivity index (χ0v) is 10.9. The zero-order valence-electron chi connectivity index (χ0n) is 10.9. The summed E-state index contributed by atoms with van der Waals surface area (Å²) < 4.78 is 37.9. The highest BCUT2D eigenvalue weighted by Crippen LogP contribution is 2.30. The van der Waals surface area contributed by atoms with Gasteiger partial charge in [0, 0.05) is 12.6 Å². The first-order chi connectivity index (χ1) is 9.38.